The fourth-order valence-corrected chi connectivity index (χ4v) is 5.96. The highest BCUT2D eigenvalue weighted by atomic mass is 32.2. The van der Waals surface area contributed by atoms with Crippen LogP contribution in [-0.2, 0) is 20.7 Å². The molecule has 0 bridgehead atoms. The number of carboxylic acid groups (broad SMARTS) is 1. The molecule has 2 unspecified atom stereocenters. The van der Waals surface area contributed by atoms with Gasteiger partial charge in [-0.25, -0.2) is 9.59 Å². The van der Waals surface area contributed by atoms with E-state index in [2.05, 4.69) is 29.6 Å². The number of amides is 1. The number of thioether (sulfide) groups is 1. The Morgan fingerprint density at radius 3 is 2.68 bits per heavy atom. The second kappa shape index (κ2) is 12.7. The molecule has 7 nitrogen and oxygen atoms in total. The number of carbonyl (C=O) groups is 3. The van der Waals surface area contributed by atoms with E-state index in [1.807, 2.05) is 30.3 Å². The van der Waals surface area contributed by atoms with Crippen LogP contribution in [0.3, 0.4) is 0 Å². The number of benzene rings is 3. The lowest BCUT2D eigenvalue weighted by atomic mass is 10.0. The lowest BCUT2D eigenvalue weighted by molar-refractivity contribution is -0.151. The highest BCUT2D eigenvalue weighted by molar-refractivity contribution is 7.99. The molecule has 0 aliphatic carbocycles. The van der Waals surface area contributed by atoms with E-state index in [-0.39, 0.29) is 17.1 Å². The molecular formula is C29H32N2O5S. The van der Waals surface area contributed by atoms with Crippen molar-refractivity contribution in [3.05, 3.63) is 83.4 Å². The maximum absolute atomic E-state index is 13.0. The molecule has 0 spiro atoms. The van der Waals surface area contributed by atoms with Crippen LogP contribution in [0.25, 0.3) is 10.8 Å². The minimum absolute atomic E-state index is 0.0299. The summed E-state index contributed by atoms with van der Waals surface area (Å²) < 4.78 is 5.14. The first-order chi connectivity index (χ1) is 18.0. The molecule has 1 saturated heterocycles. The van der Waals surface area contributed by atoms with Gasteiger partial charge in [0.15, 0.2) is 6.17 Å². The molecule has 8 heteroatoms. The van der Waals surface area contributed by atoms with Gasteiger partial charge in [0.05, 0.1) is 12.2 Å². The highest BCUT2D eigenvalue weighted by Gasteiger charge is 2.34. The Morgan fingerprint density at radius 2 is 1.86 bits per heavy atom. The first-order valence-corrected chi connectivity index (χ1v) is 13.6. The zero-order valence-corrected chi connectivity index (χ0v) is 21.7. The molecule has 2 atom stereocenters. The Morgan fingerprint density at radius 1 is 1.11 bits per heavy atom. The molecule has 4 rings (SSSR count). The van der Waals surface area contributed by atoms with Crippen molar-refractivity contribution in [2.75, 3.05) is 25.4 Å². The summed E-state index contributed by atoms with van der Waals surface area (Å²) >= 11 is 1.70. The van der Waals surface area contributed by atoms with Gasteiger partial charge in [-0.3, -0.25) is 10.1 Å². The van der Waals surface area contributed by atoms with Crippen LogP contribution in [0.15, 0.2) is 66.7 Å². The van der Waals surface area contributed by atoms with Crippen molar-refractivity contribution in [2.24, 2.45) is 0 Å². The van der Waals surface area contributed by atoms with Crippen molar-refractivity contribution < 1.29 is 24.2 Å². The van der Waals surface area contributed by atoms with Crippen LogP contribution >= 0.6 is 11.8 Å². The Balaban J connectivity index is 1.45. The topological polar surface area (TPSA) is 95.9 Å². The average molecular weight is 521 g/mol. The number of esters is 1. The molecule has 1 heterocycles. The van der Waals surface area contributed by atoms with Crippen LogP contribution in [-0.4, -0.2) is 59.5 Å². The first kappa shape index (κ1) is 26.7. The van der Waals surface area contributed by atoms with E-state index >= 15 is 0 Å². The Kier molecular flexibility index (Phi) is 9.19. The molecule has 0 aromatic heterocycles. The normalized spacial score (nSPS) is 16.8. The third kappa shape index (κ3) is 6.50. The molecule has 0 radical (unpaired) electrons. The summed E-state index contributed by atoms with van der Waals surface area (Å²) in [7, 11) is 0. The number of aryl methyl sites for hydroxylation is 1. The van der Waals surface area contributed by atoms with Crippen LogP contribution in [0, 0.1) is 0 Å². The maximum Gasteiger partial charge on any atom is 0.341 e. The minimum Gasteiger partial charge on any atom is -0.479 e. The zero-order valence-electron chi connectivity index (χ0n) is 20.9. The first-order valence-electron chi connectivity index (χ1n) is 12.6. The summed E-state index contributed by atoms with van der Waals surface area (Å²) in [6.45, 7) is 2.76. The molecule has 1 amide bonds. The van der Waals surface area contributed by atoms with Gasteiger partial charge in [0, 0.05) is 24.0 Å². The zero-order chi connectivity index (χ0) is 26.2. The van der Waals surface area contributed by atoms with Crippen molar-refractivity contribution in [1.29, 1.82) is 0 Å². The third-order valence-electron chi connectivity index (χ3n) is 6.51. The molecule has 1 fully saturated rings. The molecule has 3 aromatic carbocycles. The molecular weight excluding hydrogens is 488 g/mol. The van der Waals surface area contributed by atoms with Gasteiger partial charge >= 0.3 is 11.9 Å². The smallest absolute Gasteiger partial charge is 0.341 e. The maximum atomic E-state index is 13.0. The molecule has 2 N–H and O–H groups in total. The number of aliphatic carboxylic acids is 1. The van der Waals surface area contributed by atoms with Crippen molar-refractivity contribution in [3.8, 4) is 0 Å². The minimum atomic E-state index is -1.12. The summed E-state index contributed by atoms with van der Waals surface area (Å²) in [5.41, 5.74) is 2.49. The summed E-state index contributed by atoms with van der Waals surface area (Å²) in [4.78, 5) is 39.0. The van der Waals surface area contributed by atoms with Crippen molar-refractivity contribution in [3.63, 3.8) is 0 Å². The van der Waals surface area contributed by atoms with Gasteiger partial charge in [0.25, 0.3) is 0 Å². The van der Waals surface area contributed by atoms with E-state index < -0.39 is 12.1 Å². The molecule has 194 valence electrons. The van der Waals surface area contributed by atoms with Crippen LogP contribution in [0.5, 0.6) is 0 Å². The summed E-state index contributed by atoms with van der Waals surface area (Å²) in [5.74, 6) is -0.964. The summed E-state index contributed by atoms with van der Waals surface area (Å²) in [5, 5.41) is 15.3. The second-order valence-electron chi connectivity index (χ2n) is 8.90. The number of fused-ring (bicyclic) bond motifs is 1. The largest absolute Gasteiger partial charge is 0.479 e. The van der Waals surface area contributed by atoms with Gasteiger partial charge in [-0.1, -0.05) is 60.7 Å². The number of rotatable bonds is 10. The molecule has 0 saturated carbocycles. The molecule has 37 heavy (non-hydrogen) atoms. The van der Waals surface area contributed by atoms with Gasteiger partial charge in [0.1, 0.15) is 0 Å². The number of hydrogen-bond donors (Lipinski definition) is 2. The van der Waals surface area contributed by atoms with Gasteiger partial charge in [-0.15, -0.1) is 0 Å². The predicted molar refractivity (Wildman–Crippen MR) is 146 cm³/mol. The summed E-state index contributed by atoms with van der Waals surface area (Å²) in [6.07, 6.45) is 0.356. The summed E-state index contributed by atoms with van der Waals surface area (Å²) in [6, 6.07) is 21.5. The number of hydrogen-bond acceptors (Lipinski definition) is 6. The van der Waals surface area contributed by atoms with E-state index in [9.17, 15) is 19.5 Å². The van der Waals surface area contributed by atoms with Crippen LogP contribution in [0.1, 0.15) is 46.5 Å². The number of carbonyl (C=O) groups excluding carboxylic acids is 2. The number of nitrogens with zero attached hydrogens (tertiary/aromatic N) is 1. The molecule has 1 aliphatic rings. The van der Waals surface area contributed by atoms with Crippen molar-refractivity contribution in [2.45, 2.75) is 37.6 Å². The molecule has 1 aliphatic heterocycles. The third-order valence-corrected chi connectivity index (χ3v) is 7.75. The predicted octanol–water partition coefficient (Wildman–Crippen LogP) is 4.66. The standard InChI is InChI=1S/C29H32N2O5S/c1-2-36-29(35)23-14-6-4-10-21(23)12-8-17-30-27(28(33)34)31-19-25(37-18-16-26(31)32)24-15-7-11-20-9-3-5-13-22(20)24/h3-7,9-11,13-15,25,27,30H,2,8,12,16-19H2,1H3,(H,33,34). The monoisotopic (exact) mass is 520 g/mol. The van der Waals surface area contributed by atoms with Gasteiger partial charge < -0.3 is 14.7 Å². The van der Waals surface area contributed by atoms with E-state index in [1.165, 1.54) is 4.90 Å². The Labute approximate surface area is 221 Å². The van der Waals surface area contributed by atoms with Gasteiger partial charge in [-0.2, -0.15) is 11.8 Å². The second-order valence-corrected chi connectivity index (χ2v) is 10.2. The number of carboxylic acids is 1. The fraction of sp³-hybridized carbons (Fsp3) is 0.345. The van der Waals surface area contributed by atoms with Crippen molar-refractivity contribution >= 4 is 40.4 Å². The lowest BCUT2D eigenvalue weighted by Gasteiger charge is -2.31. The highest BCUT2D eigenvalue weighted by Crippen LogP contribution is 2.37. The fourth-order valence-electron chi connectivity index (χ4n) is 4.73. The van der Waals surface area contributed by atoms with Crippen LogP contribution < -0.4 is 5.32 Å². The average Bonchev–Trinajstić information content (AvgIpc) is 3.09. The Bertz CT molecular complexity index is 1260. The number of nitrogens with one attached hydrogen (secondary N) is 1. The number of ether oxygens (including phenoxy) is 1. The lowest BCUT2D eigenvalue weighted by Crippen LogP contribution is -2.54. The Hall–Kier alpha value is -3.36. The molecule has 3 aromatic rings. The van der Waals surface area contributed by atoms with E-state index in [1.54, 1.807) is 30.8 Å². The van der Waals surface area contributed by atoms with E-state index in [4.69, 9.17) is 4.74 Å². The van der Waals surface area contributed by atoms with Gasteiger partial charge in [0.2, 0.25) is 5.91 Å². The van der Waals surface area contributed by atoms with Crippen LogP contribution in [0.2, 0.25) is 0 Å². The van der Waals surface area contributed by atoms with Crippen LogP contribution in [0.4, 0.5) is 0 Å². The van der Waals surface area contributed by atoms with Crippen molar-refractivity contribution in [1.82, 2.24) is 10.2 Å². The quantitative estimate of drug-likeness (QED) is 0.297. The van der Waals surface area contributed by atoms with E-state index in [0.29, 0.717) is 50.3 Å². The van der Waals surface area contributed by atoms with Gasteiger partial charge in [-0.05, 0) is 54.3 Å². The SMILES string of the molecule is CCOC(=O)c1ccccc1CCCNC(C(=O)O)N1CC(c2cccc3ccccc23)SCCC1=O. The van der Waals surface area contributed by atoms with E-state index in [0.717, 1.165) is 21.9 Å².